The maximum Gasteiger partial charge on any atom is 0.435 e. The van der Waals surface area contributed by atoms with Gasteiger partial charge >= 0.3 is 6.18 Å². The first-order chi connectivity index (χ1) is 12.0. The maximum absolute atomic E-state index is 13.9. The second kappa shape index (κ2) is 8.22. The SMILES string of the molecule is CN(CC(C)(C)CN)C(=O)c1nnn(-c2ccccc2F)c1C(F)(F)F.Cl. The Hall–Kier alpha value is -2.20. The van der Waals surface area contributed by atoms with Crippen molar-refractivity contribution in [2.75, 3.05) is 20.1 Å². The number of benzene rings is 1. The lowest BCUT2D eigenvalue weighted by atomic mass is 9.93. The Labute approximate surface area is 159 Å². The monoisotopic (exact) mass is 409 g/mol. The third-order valence-corrected chi connectivity index (χ3v) is 3.79. The Kier molecular flexibility index (Phi) is 6.95. The highest BCUT2D eigenvalue weighted by Gasteiger charge is 2.43. The molecule has 0 radical (unpaired) electrons. The zero-order valence-corrected chi connectivity index (χ0v) is 15.7. The van der Waals surface area contributed by atoms with Gasteiger partial charge in [-0.25, -0.2) is 9.07 Å². The number of rotatable bonds is 5. The van der Waals surface area contributed by atoms with Crippen LogP contribution >= 0.6 is 12.4 Å². The van der Waals surface area contributed by atoms with Crippen LogP contribution in [0, 0.1) is 11.2 Å². The zero-order valence-electron chi connectivity index (χ0n) is 14.9. The Morgan fingerprint density at radius 3 is 2.37 bits per heavy atom. The minimum Gasteiger partial charge on any atom is -0.340 e. The molecule has 0 spiro atoms. The normalized spacial score (nSPS) is 11.9. The molecule has 11 heteroatoms. The number of amides is 1. The van der Waals surface area contributed by atoms with Gasteiger partial charge in [0.1, 0.15) is 11.5 Å². The summed E-state index contributed by atoms with van der Waals surface area (Å²) < 4.78 is 54.9. The average Bonchev–Trinajstić information content (AvgIpc) is 2.99. The third-order valence-electron chi connectivity index (χ3n) is 3.79. The predicted molar refractivity (Wildman–Crippen MR) is 93.4 cm³/mol. The first-order valence-electron chi connectivity index (χ1n) is 7.71. The van der Waals surface area contributed by atoms with Crippen LogP contribution in [-0.2, 0) is 6.18 Å². The van der Waals surface area contributed by atoms with E-state index in [-0.39, 0.29) is 25.5 Å². The smallest absolute Gasteiger partial charge is 0.340 e. The molecule has 0 fully saturated rings. The van der Waals surface area contributed by atoms with Crippen molar-refractivity contribution in [3.63, 3.8) is 0 Å². The highest BCUT2D eigenvalue weighted by Crippen LogP contribution is 2.33. The summed E-state index contributed by atoms with van der Waals surface area (Å²) in [6.07, 6.45) is -4.96. The van der Waals surface area contributed by atoms with E-state index in [4.69, 9.17) is 5.73 Å². The highest BCUT2D eigenvalue weighted by atomic mass is 35.5. The molecule has 0 saturated carbocycles. The molecule has 0 bridgehead atoms. The van der Waals surface area contributed by atoms with Crippen LogP contribution < -0.4 is 5.73 Å². The molecule has 1 amide bonds. The first-order valence-corrected chi connectivity index (χ1v) is 7.71. The predicted octanol–water partition coefficient (Wildman–Crippen LogP) is 2.90. The molecule has 0 aliphatic rings. The molecule has 0 aliphatic carbocycles. The largest absolute Gasteiger partial charge is 0.435 e. The molecule has 0 saturated heterocycles. The fraction of sp³-hybridized carbons (Fsp3) is 0.438. The van der Waals surface area contributed by atoms with Gasteiger partial charge in [0.25, 0.3) is 5.91 Å². The fourth-order valence-corrected chi connectivity index (χ4v) is 2.43. The standard InChI is InChI=1S/C16H19F4N5O.ClH/c1-15(2,8-21)9-24(3)14(26)12-13(16(18,19)20)25(23-22-12)11-7-5-4-6-10(11)17;/h4-7H,8-9,21H2,1-3H3;1H. The average molecular weight is 410 g/mol. The van der Waals surface area contributed by atoms with E-state index in [0.717, 1.165) is 17.0 Å². The van der Waals surface area contributed by atoms with Gasteiger partial charge < -0.3 is 10.6 Å². The van der Waals surface area contributed by atoms with E-state index in [9.17, 15) is 22.4 Å². The van der Waals surface area contributed by atoms with Crippen molar-refractivity contribution in [2.24, 2.45) is 11.1 Å². The van der Waals surface area contributed by atoms with Crippen LogP contribution in [0.1, 0.15) is 30.0 Å². The Balaban J connectivity index is 0.00000364. The van der Waals surface area contributed by atoms with Crippen molar-refractivity contribution < 1.29 is 22.4 Å². The van der Waals surface area contributed by atoms with Crippen LogP contribution in [0.4, 0.5) is 17.6 Å². The van der Waals surface area contributed by atoms with E-state index >= 15 is 0 Å². The molecule has 1 aromatic carbocycles. The molecule has 6 nitrogen and oxygen atoms in total. The van der Waals surface area contributed by atoms with Gasteiger partial charge in [-0.1, -0.05) is 31.2 Å². The molecule has 2 rings (SSSR count). The number of para-hydroxylation sites is 1. The van der Waals surface area contributed by atoms with E-state index in [1.54, 1.807) is 13.8 Å². The Morgan fingerprint density at radius 1 is 1.26 bits per heavy atom. The zero-order chi connectivity index (χ0) is 19.7. The van der Waals surface area contributed by atoms with Crippen molar-refractivity contribution >= 4 is 18.3 Å². The van der Waals surface area contributed by atoms with Crippen LogP contribution in [0.25, 0.3) is 5.69 Å². The van der Waals surface area contributed by atoms with E-state index < -0.39 is 40.4 Å². The number of nitrogens with two attached hydrogens (primary N) is 1. The molecule has 150 valence electrons. The number of aromatic nitrogens is 3. The number of carbonyl (C=O) groups excluding carboxylic acids is 1. The summed E-state index contributed by atoms with van der Waals surface area (Å²) in [4.78, 5) is 13.6. The second-order valence-corrected chi connectivity index (χ2v) is 6.68. The second-order valence-electron chi connectivity index (χ2n) is 6.68. The molecule has 0 unspecified atom stereocenters. The number of hydrogen-bond donors (Lipinski definition) is 1. The number of alkyl halides is 3. The molecule has 1 heterocycles. The van der Waals surface area contributed by atoms with E-state index in [2.05, 4.69) is 10.3 Å². The van der Waals surface area contributed by atoms with E-state index in [0.29, 0.717) is 4.68 Å². The molecule has 1 aromatic heterocycles. The minimum absolute atomic E-state index is 0. The van der Waals surface area contributed by atoms with Crippen molar-refractivity contribution in [3.8, 4) is 5.69 Å². The van der Waals surface area contributed by atoms with Gasteiger partial charge in [0.05, 0.1) is 0 Å². The van der Waals surface area contributed by atoms with Crippen molar-refractivity contribution in [1.29, 1.82) is 0 Å². The molecule has 0 aliphatic heterocycles. The third kappa shape index (κ3) is 4.95. The lowest BCUT2D eigenvalue weighted by Crippen LogP contribution is -2.40. The van der Waals surface area contributed by atoms with Gasteiger partial charge in [-0.3, -0.25) is 4.79 Å². The van der Waals surface area contributed by atoms with Crippen molar-refractivity contribution in [3.05, 3.63) is 41.5 Å². The number of carbonyl (C=O) groups is 1. The van der Waals surface area contributed by atoms with Crippen LogP contribution in [-0.4, -0.2) is 45.9 Å². The van der Waals surface area contributed by atoms with Gasteiger partial charge in [0.15, 0.2) is 11.4 Å². The topological polar surface area (TPSA) is 77.0 Å². The summed E-state index contributed by atoms with van der Waals surface area (Å²) in [6.45, 7) is 3.90. The Bertz CT molecular complexity index is 806. The quantitative estimate of drug-likeness (QED) is 0.770. The van der Waals surface area contributed by atoms with Gasteiger partial charge in [-0.15, -0.1) is 17.5 Å². The van der Waals surface area contributed by atoms with Gasteiger partial charge in [0, 0.05) is 13.6 Å². The first kappa shape index (κ1) is 22.8. The van der Waals surface area contributed by atoms with Crippen LogP contribution in [0.2, 0.25) is 0 Å². The van der Waals surface area contributed by atoms with Gasteiger partial charge in [-0.2, -0.15) is 13.2 Å². The van der Waals surface area contributed by atoms with Gasteiger partial charge in [0.2, 0.25) is 0 Å². The number of nitrogens with zero attached hydrogens (tertiary/aromatic N) is 4. The van der Waals surface area contributed by atoms with Crippen LogP contribution in [0.5, 0.6) is 0 Å². The summed E-state index contributed by atoms with van der Waals surface area (Å²) in [5.74, 6) is -1.89. The summed E-state index contributed by atoms with van der Waals surface area (Å²) >= 11 is 0. The molecule has 2 N–H and O–H groups in total. The Morgan fingerprint density at radius 2 is 1.85 bits per heavy atom. The molecular formula is C16H20ClF4N5O. The summed E-state index contributed by atoms with van der Waals surface area (Å²) in [5.41, 5.74) is 2.34. The molecule has 27 heavy (non-hydrogen) atoms. The lowest BCUT2D eigenvalue weighted by Gasteiger charge is -2.28. The lowest BCUT2D eigenvalue weighted by molar-refractivity contribution is -0.143. The van der Waals surface area contributed by atoms with Crippen molar-refractivity contribution in [1.82, 2.24) is 19.9 Å². The van der Waals surface area contributed by atoms with Gasteiger partial charge in [-0.05, 0) is 24.1 Å². The molecule has 0 atom stereocenters. The fourth-order valence-electron chi connectivity index (χ4n) is 2.43. The van der Waals surface area contributed by atoms with Crippen molar-refractivity contribution in [2.45, 2.75) is 20.0 Å². The number of halogens is 5. The maximum atomic E-state index is 13.9. The highest BCUT2D eigenvalue weighted by molar-refractivity contribution is 5.93. The van der Waals surface area contributed by atoms with Crippen LogP contribution in [0.15, 0.2) is 24.3 Å². The summed E-state index contributed by atoms with van der Waals surface area (Å²) in [6, 6.07) is 4.80. The van der Waals surface area contributed by atoms with E-state index in [1.807, 2.05) is 0 Å². The summed E-state index contributed by atoms with van der Waals surface area (Å²) in [5, 5.41) is 6.75. The number of hydrogen-bond acceptors (Lipinski definition) is 4. The summed E-state index contributed by atoms with van der Waals surface area (Å²) in [7, 11) is 1.35. The van der Waals surface area contributed by atoms with E-state index in [1.165, 1.54) is 19.2 Å². The minimum atomic E-state index is -4.96. The molecular weight excluding hydrogens is 390 g/mol. The van der Waals surface area contributed by atoms with Crippen LogP contribution in [0.3, 0.4) is 0 Å². The molecule has 2 aromatic rings.